The third-order valence-corrected chi connectivity index (χ3v) is 6.56. The first-order valence-electron chi connectivity index (χ1n) is 5.21. The van der Waals surface area contributed by atoms with Crippen LogP contribution in [0.1, 0.15) is 10.4 Å². The molecule has 0 unspecified atom stereocenters. The predicted octanol–water partition coefficient (Wildman–Crippen LogP) is 2.12. The number of nitrogens with zero attached hydrogens (tertiary/aromatic N) is 1. The summed E-state index contributed by atoms with van der Waals surface area (Å²) in [5.41, 5.74) is 0.628. The van der Waals surface area contributed by atoms with Gasteiger partial charge in [-0.15, -0.1) is 22.7 Å². The maximum Gasteiger partial charge on any atom is 0.252 e. The Morgan fingerprint density at radius 2 is 2.17 bits per heavy atom. The maximum atomic E-state index is 12.2. The molecule has 0 radical (unpaired) electrons. The molecule has 2 aromatic heterocycles. The lowest BCUT2D eigenvalue weighted by molar-refractivity contribution is 0.282. The number of hydrogen-bond donors (Lipinski definition) is 1. The van der Waals surface area contributed by atoms with E-state index in [4.69, 9.17) is 5.11 Å². The van der Waals surface area contributed by atoms with Gasteiger partial charge in [0.15, 0.2) is 0 Å². The van der Waals surface area contributed by atoms with Crippen molar-refractivity contribution in [2.75, 3.05) is 7.05 Å². The second-order valence-electron chi connectivity index (χ2n) is 3.77. The van der Waals surface area contributed by atoms with Crippen LogP contribution in [0, 0.1) is 0 Å². The normalized spacial score (nSPS) is 12.2. The lowest BCUT2D eigenvalue weighted by atomic mass is 10.4. The van der Waals surface area contributed by atoms with Gasteiger partial charge in [-0.3, -0.25) is 0 Å². The Hall–Kier alpha value is -0.730. The fraction of sp³-hybridized carbons (Fsp3) is 0.273. The fourth-order valence-corrected chi connectivity index (χ4v) is 4.83. The molecule has 0 saturated carbocycles. The SMILES string of the molecule is CN(Cc1cccs1)S(=O)(=O)c1cc(CO)cs1. The largest absolute Gasteiger partial charge is 0.392 e. The summed E-state index contributed by atoms with van der Waals surface area (Å²) in [6.45, 7) is 0.229. The van der Waals surface area contributed by atoms with E-state index >= 15 is 0 Å². The van der Waals surface area contributed by atoms with Gasteiger partial charge in [0.05, 0.1) is 6.61 Å². The maximum absolute atomic E-state index is 12.2. The molecule has 0 aliphatic carbocycles. The highest BCUT2D eigenvalue weighted by Crippen LogP contribution is 2.25. The van der Waals surface area contributed by atoms with Crippen molar-refractivity contribution in [3.8, 4) is 0 Å². The molecule has 0 amide bonds. The van der Waals surface area contributed by atoms with Crippen LogP contribution in [-0.4, -0.2) is 24.9 Å². The molecule has 4 nitrogen and oxygen atoms in total. The number of aliphatic hydroxyl groups excluding tert-OH is 1. The lowest BCUT2D eigenvalue weighted by Crippen LogP contribution is -2.25. The molecule has 2 rings (SSSR count). The first-order valence-corrected chi connectivity index (χ1v) is 8.41. The average Bonchev–Trinajstić information content (AvgIpc) is 2.99. The molecule has 2 aromatic rings. The molecule has 18 heavy (non-hydrogen) atoms. The number of aliphatic hydroxyl groups is 1. The number of hydrogen-bond acceptors (Lipinski definition) is 5. The topological polar surface area (TPSA) is 57.6 Å². The van der Waals surface area contributed by atoms with E-state index in [1.54, 1.807) is 12.4 Å². The lowest BCUT2D eigenvalue weighted by Gasteiger charge is -2.14. The van der Waals surface area contributed by atoms with Gasteiger partial charge >= 0.3 is 0 Å². The highest BCUT2D eigenvalue weighted by molar-refractivity contribution is 7.91. The molecule has 7 heteroatoms. The van der Waals surface area contributed by atoms with Crippen LogP contribution in [0.3, 0.4) is 0 Å². The summed E-state index contributed by atoms with van der Waals surface area (Å²) >= 11 is 2.67. The summed E-state index contributed by atoms with van der Waals surface area (Å²) in [7, 11) is -1.89. The van der Waals surface area contributed by atoms with Crippen molar-refractivity contribution in [2.24, 2.45) is 0 Å². The van der Waals surface area contributed by atoms with Gasteiger partial charge < -0.3 is 5.11 Å². The summed E-state index contributed by atoms with van der Waals surface area (Å²) in [5, 5.41) is 12.5. The third kappa shape index (κ3) is 2.81. The smallest absolute Gasteiger partial charge is 0.252 e. The minimum absolute atomic E-state index is 0.138. The first-order chi connectivity index (χ1) is 8.54. The van der Waals surface area contributed by atoms with Gasteiger partial charge in [-0.05, 0) is 28.5 Å². The standard InChI is InChI=1S/C11H13NO3S3/c1-12(6-10-3-2-4-16-10)18(14,15)11-5-9(7-13)8-17-11/h2-5,8,13H,6-7H2,1H3. The van der Waals surface area contributed by atoms with Gasteiger partial charge in [0.25, 0.3) is 10.0 Å². The molecule has 0 aliphatic rings. The minimum atomic E-state index is -3.46. The molecule has 0 aromatic carbocycles. The molecular weight excluding hydrogens is 290 g/mol. The van der Waals surface area contributed by atoms with Crippen LogP contribution in [0.25, 0.3) is 0 Å². The van der Waals surface area contributed by atoms with Gasteiger partial charge in [-0.1, -0.05) is 6.07 Å². The Bertz CT molecular complexity index is 601. The molecule has 98 valence electrons. The van der Waals surface area contributed by atoms with E-state index in [2.05, 4.69) is 0 Å². The minimum Gasteiger partial charge on any atom is -0.392 e. The van der Waals surface area contributed by atoms with Gasteiger partial charge in [-0.25, -0.2) is 8.42 Å². The second-order valence-corrected chi connectivity index (χ2v) is 7.99. The monoisotopic (exact) mass is 303 g/mol. The van der Waals surface area contributed by atoms with E-state index in [1.165, 1.54) is 21.7 Å². The van der Waals surface area contributed by atoms with E-state index in [1.807, 2.05) is 17.5 Å². The molecule has 0 bridgehead atoms. The Labute approximate surface area is 114 Å². The Morgan fingerprint density at radius 1 is 1.39 bits per heavy atom. The summed E-state index contributed by atoms with van der Waals surface area (Å²) in [6.07, 6.45) is 0. The van der Waals surface area contributed by atoms with Crippen LogP contribution >= 0.6 is 22.7 Å². The Balaban J connectivity index is 2.19. The van der Waals surface area contributed by atoms with Crippen molar-refractivity contribution in [1.29, 1.82) is 0 Å². The van der Waals surface area contributed by atoms with Crippen LogP contribution in [0.15, 0.2) is 33.2 Å². The van der Waals surface area contributed by atoms with Crippen molar-refractivity contribution in [3.05, 3.63) is 39.4 Å². The van der Waals surface area contributed by atoms with E-state index in [0.29, 0.717) is 12.1 Å². The summed E-state index contributed by atoms with van der Waals surface area (Å²) < 4.78 is 26.1. The van der Waals surface area contributed by atoms with Crippen LogP contribution < -0.4 is 0 Å². The van der Waals surface area contributed by atoms with Gasteiger partial charge in [0.1, 0.15) is 4.21 Å². The zero-order chi connectivity index (χ0) is 13.2. The molecule has 1 N–H and O–H groups in total. The molecule has 0 aliphatic heterocycles. The molecular formula is C11H13NO3S3. The molecule has 0 fully saturated rings. The van der Waals surface area contributed by atoms with Crippen molar-refractivity contribution in [3.63, 3.8) is 0 Å². The molecule has 2 heterocycles. The zero-order valence-corrected chi connectivity index (χ0v) is 12.2. The quantitative estimate of drug-likeness (QED) is 0.920. The average molecular weight is 303 g/mol. The molecule has 0 saturated heterocycles. The number of thiophene rings is 2. The van der Waals surface area contributed by atoms with E-state index in [0.717, 1.165) is 16.2 Å². The van der Waals surface area contributed by atoms with Crippen molar-refractivity contribution in [1.82, 2.24) is 4.31 Å². The summed E-state index contributed by atoms with van der Waals surface area (Å²) in [6, 6.07) is 5.32. The van der Waals surface area contributed by atoms with Gasteiger partial charge in [-0.2, -0.15) is 4.31 Å². The fourth-order valence-electron chi connectivity index (χ4n) is 1.43. The van der Waals surface area contributed by atoms with Gasteiger partial charge in [0.2, 0.25) is 0 Å². The van der Waals surface area contributed by atoms with Crippen molar-refractivity contribution >= 4 is 32.7 Å². The van der Waals surface area contributed by atoms with Crippen molar-refractivity contribution in [2.45, 2.75) is 17.4 Å². The number of rotatable bonds is 5. The highest BCUT2D eigenvalue weighted by Gasteiger charge is 2.23. The van der Waals surface area contributed by atoms with E-state index < -0.39 is 10.0 Å². The van der Waals surface area contributed by atoms with Crippen molar-refractivity contribution < 1.29 is 13.5 Å². The van der Waals surface area contributed by atoms with Gasteiger partial charge in [0, 0.05) is 18.5 Å². The summed E-state index contributed by atoms with van der Waals surface area (Å²) in [4.78, 5) is 1.00. The van der Waals surface area contributed by atoms with Crippen LogP contribution in [0.4, 0.5) is 0 Å². The van der Waals surface area contributed by atoms with Crippen LogP contribution in [0.2, 0.25) is 0 Å². The molecule has 0 atom stereocenters. The number of sulfonamides is 1. The summed E-state index contributed by atoms with van der Waals surface area (Å²) in [5.74, 6) is 0. The Kier molecular flexibility index (Phi) is 4.18. The first kappa shape index (κ1) is 13.7. The van der Waals surface area contributed by atoms with E-state index in [9.17, 15) is 8.42 Å². The Morgan fingerprint density at radius 3 is 2.72 bits per heavy atom. The predicted molar refractivity (Wildman–Crippen MR) is 73.2 cm³/mol. The second kappa shape index (κ2) is 5.50. The van der Waals surface area contributed by atoms with E-state index in [-0.39, 0.29) is 10.8 Å². The third-order valence-electron chi connectivity index (χ3n) is 2.44. The zero-order valence-electron chi connectivity index (χ0n) is 9.74. The van der Waals surface area contributed by atoms with Crippen LogP contribution in [0.5, 0.6) is 0 Å². The highest BCUT2D eigenvalue weighted by atomic mass is 32.2. The molecule has 0 spiro atoms. The van der Waals surface area contributed by atoms with Crippen LogP contribution in [-0.2, 0) is 23.2 Å².